The van der Waals surface area contributed by atoms with E-state index in [0.717, 1.165) is 11.6 Å². The summed E-state index contributed by atoms with van der Waals surface area (Å²) in [5.41, 5.74) is 1.08. The molecule has 6 heteroatoms. The van der Waals surface area contributed by atoms with Crippen molar-refractivity contribution in [3.63, 3.8) is 0 Å². The van der Waals surface area contributed by atoms with E-state index in [1.165, 1.54) is 12.1 Å². The van der Waals surface area contributed by atoms with Crippen molar-refractivity contribution in [2.75, 3.05) is 6.61 Å². The van der Waals surface area contributed by atoms with E-state index in [1.807, 2.05) is 12.1 Å². The molecule has 19 heavy (non-hydrogen) atoms. The van der Waals surface area contributed by atoms with E-state index >= 15 is 0 Å². The van der Waals surface area contributed by atoms with E-state index in [4.69, 9.17) is 14.8 Å². The summed E-state index contributed by atoms with van der Waals surface area (Å²) in [5.74, 6) is -0.297. The molecule has 0 radical (unpaired) electrons. The first kappa shape index (κ1) is 13.5. The van der Waals surface area contributed by atoms with Crippen LogP contribution in [0.5, 0.6) is 5.75 Å². The normalized spacial score (nSPS) is 10.3. The molecule has 1 aromatic heterocycles. The average Bonchev–Trinajstić information content (AvgIpc) is 2.39. The van der Waals surface area contributed by atoms with Crippen LogP contribution in [-0.4, -0.2) is 28.8 Å². The van der Waals surface area contributed by atoms with E-state index in [-0.39, 0.29) is 11.2 Å². The molecule has 2 N–H and O–H groups in total. The van der Waals surface area contributed by atoms with Crippen LogP contribution in [0.3, 0.4) is 0 Å². The number of halogens is 1. The summed E-state index contributed by atoms with van der Waals surface area (Å²) in [5, 5.41) is 18.0. The molecule has 0 unspecified atom stereocenters. The van der Waals surface area contributed by atoms with Crippen LogP contribution in [-0.2, 0) is 6.42 Å². The average molecular weight is 261 g/mol. The van der Waals surface area contributed by atoms with Crippen molar-refractivity contribution in [1.29, 1.82) is 0 Å². The molecular formula is C13H13BFNO3. The second-order valence-corrected chi connectivity index (χ2v) is 4.05. The molecule has 1 aromatic carbocycles. The molecule has 0 atom stereocenters. The van der Waals surface area contributed by atoms with Crippen LogP contribution in [0.2, 0.25) is 0 Å². The van der Waals surface area contributed by atoms with Gasteiger partial charge in [-0.25, -0.2) is 4.39 Å². The molecule has 0 bridgehead atoms. The van der Waals surface area contributed by atoms with Gasteiger partial charge in [0.05, 0.1) is 6.61 Å². The molecule has 1 heterocycles. The van der Waals surface area contributed by atoms with Crippen molar-refractivity contribution >= 4 is 12.6 Å². The summed E-state index contributed by atoms with van der Waals surface area (Å²) >= 11 is 0. The molecule has 2 aromatic rings. The highest BCUT2D eigenvalue weighted by Crippen LogP contribution is 2.11. The van der Waals surface area contributed by atoms with Crippen molar-refractivity contribution in [2.24, 2.45) is 0 Å². The largest absolute Gasteiger partial charge is 0.493 e. The van der Waals surface area contributed by atoms with Gasteiger partial charge in [0.2, 0.25) is 0 Å². The third-order valence-corrected chi connectivity index (χ3v) is 2.57. The van der Waals surface area contributed by atoms with E-state index in [0.29, 0.717) is 13.0 Å². The summed E-state index contributed by atoms with van der Waals surface area (Å²) < 4.78 is 18.6. The van der Waals surface area contributed by atoms with Crippen molar-refractivity contribution < 1.29 is 19.2 Å². The van der Waals surface area contributed by atoms with Crippen molar-refractivity contribution in [2.45, 2.75) is 6.42 Å². The predicted octanol–water partition coefficient (Wildman–Crippen LogP) is 0.522. The van der Waals surface area contributed by atoms with Gasteiger partial charge in [0.25, 0.3) is 0 Å². The van der Waals surface area contributed by atoms with Gasteiger partial charge in [-0.3, -0.25) is 4.98 Å². The van der Waals surface area contributed by atoms with E-state index in [2.05, 4.69) is 4.98 Å². The van der Waals surface area contributed by atoms with Gasteiger partial charge in [-0.2, -0.15) is 0 Å². The van der Waals surface area contributed by atoms with Crippen molar-refractivity contribution in [3.05, 3.63) is 54.1 Å². The number of hydrogen-bond acceptors (Lipinski definition) is 4. The maximum absolute atomic E-state index is 13.2. The number of hydrogen-bond donors (Lipinski definition) is 2. The molecule has 98 valence electrons. The minimum atomic E-state index is -1.71. The summed E-state index contributed by atoms with van der Waals surface area (Å²) in [4.78, 5) is 3.98. The number of nitrogens with zero attached hydrogens (tertiary/aromatic N) is 1. The fourth-order valence-corrected chi connectivity index (χ4v) is 1.65. The lowest BCUT2D eigenvalue weighted by atomic mass is 9.80. The third-order valence-electron chi connectivity index (χ3n) is 2.57. The number of aromatic nitrogens is 1. The standard InChI is InChI=1S/C13H13BFNO3/c15-12-6-11(14(17)18)7-13(8-12)19-5-3-10-2-1-4-16-9-10/h1-2,4,6-9,17-18H,3,5H2. The zero-order valence-corrected chi connectivity index (χ0v) is 10.2. The molecule has 0 saturated heterocycles. The Bertz CT molecular complexity index is 537. The van der Waals surface area contributed by atoms with E-state index in [1.54, 1.807) is 12.4 Å². The number of rotatable bonds is 5. The van der Waals surface area contributed by atoms with Gasteiger partial charge in [0.1, 0.15) is 11.6 Å². The second-order valence-electron chi connectivity index (χ2n) is 4.05. The Morgan fingerprint density at radius 1 is 1.26 bits per heavy atom. The summed E-state index contributed by atoms with van der Waals surface area (Å²) in [7, 11) is -1.71. The Hall–Kier alpha value is -1.92. The maximum Gasteiger partial charge on any atom is 0.488 e. The van der Waals surface area contributed by atoms with Gasteiger partial charge >= 0.3 is 7.12 Å². The molecule has 0 fully saturated rings. The number of benzene rings is 1. The van der Waals surface area contributed by atoms with Gasteiger partial charge < -0.3 is 14.8 Å². The minimum absolute atomic E-state index is 0.0661. The first-order valence-corrected chi connectivity index (χ1v) is 5.83. The van der Waals surface area contributed by atoms with Crippen LogP contribution in [0.4, 0.5) is 4.39 Å². The zero-order valence-electron chi connectivity index (χ0n) is 10.2. The van der Waals surface area contributed by atoms with Crippen LogP contribution >= 0.6 is 0 Å². The van der Waals surface area contributed by atoms with Gasteiger partial charge in [-0.1, -0.05) is 6.07 Å². The highest BCUT2D eigenvalue weighted by molar-refractivity contribution is 6.58. The maximum atomic E-state index is 13.2. The molecule has 0 aliphatic carbocycles. The van der Waals surface area contributed by atoms with Gasteiger partial charge in [0, 0.05) is 24.9 Å². The van der Waals surface area contributed by atoms with Gasteiger partial charge in [-0.15, -0.1) is 0 Å². The minimum Gasteiger partial charge on any atom is -0.493 e. The fraction of sp³-hybridized carbons (Fsp3) is 0.154. The van der Waals surface area contributed by atoms with Crippen molar-refractivity contribution in [3.8, 4) is 5.75 Å². The van der Waals surface area contributed by atoms with Crippen LogP contribution < -0.4 is 10.2 Å². The first-order valence-electron chi connectivity index (χ1n) is 5.83. The summed E-state index contributed by atoms with van der Waals surface area (Å²) in [6.45, 7) is 0.357. The second kappa shape index (κ2) is 6.31. The molecular weight excluding hydrogens is 248 g/mol. The zero-order chi connectivity index (χ0) is 13.7. The highest BCUT2D eigenvalue weighted by atomic mass is 19.1. The van der Waals surface area contributed by atoms with Crippen molar-refractivity contribution in [1.82, 2.24) is 4.98 Å². The quantitative estimate of drug-likeness (QED) is 0.770. The Kier molecular flexibility index (Phi) is 4.49. The highest BCUT2D eigenvalue weighted by Gasteiger charge is 2.13. The Labute approximate surface area is 110 Å². The third kappa shape index (κ3) is 4.05. The lowest BCUT2D eigenvalue weighted by molar-refractivity contribution is 0.320. The number of ether oxygens (including phenoxy) is 1. The molecule has 2 rings (SSSR count). The molecule has 0 saturated carbocycles. The Morgan fingerprint density at radius 2 is 2.11 bits per heavy atom. The monoisotopic (exact) mass is 261 g/mol. The predicted molar refractivity (Wildman–Crippen MR) is 69.7 cm³/mol. The smallest absolute Gasteiger partial charge is 0.488 e. The molecule has 0 aliphatic heterocycles. The fourth-order valence-electron chi connectivity index (χ4n) is 1.65. The Balaban J connectivity index is 1.96. The number of pyridine rings is 1. The first-order chi connectivity index (χ1) is 9.15. The summed E-state index contributed by atoms with van der Waals surface area (Å²) in [6, 6.07) is 7.41. The topological polar surface area (TPSA) is 62.6 Å². The van der Waals surface area contributed by atoms with Gasteiger partial charge in [-0.05, 0) is 29.2 Å². The van der Waals surface area contributed by atoms with Gasteiger partial charge in [0.15, 0.2) is 0 Å². The molecule has 0 amide bonds. The lowest BCUT2D eigenvalue weighted by Crippen LogP contribution is -2.30. The molecule has 0 spiro atoms. The van der Waals surface area contributed by atoms with Crippen LogP contribution in [0.25, 0.3) is 0 Å². The van der Waals surface area contributed by atoms with E-state index < -0.39 is 12.9 Å². The van der Waals surface area contributed by atoms with Crippen LogP contribution in [0.1, 0.15) is 5.56 Å². The van der Waals surface area contributed by atoms with Crippen LogP contribution in [0.15, 0.2) is 42.7 Å². The molecule has 4 nitrogen and oxygen atoms in total. The summed E-state index contributed by atoms with van der Waals surface area (Å²) in [6.07, 6.45) is 4.06. The van der Waals surface area contributed by atoms with E-state index in [9.17, 15) is 4.39 Å². The SMILES string of the molecule is OB(O)c1cc(F)cc(OCCc2cccnc2)c1. The van der Waals surface area contributed by atoms with Crippen LogP contribution in [0, 0.1) is 5.82 Å². The lowest BCUT2D eigenvalue weighted by Gasteiger charge is -2.08. The molecule has 0 aliphatic rings. The Morgan fingerprint density at radius 3 is 2.79 bits per heavy atom.